The highest BCUT2D eigenvalue weighted by atomic mass is 15.2. The Morgan fingerprint density at radius 1 is 0.471 bits per heavy atom. The molecule has 1 unspecified atom stereocenters. The highest BCUT2D eigenvalue weighted by Gasteiger charge is 2.27. The zero-order valence-electron chi connectivity index (χ0n) is 28.2. The van der Waals surface area contributed by atoms with E-state index in [0.717, 1.165) is 39.2 Å². The molecule has 0 aliphatic carbocycles. The Kier molecular flexibility index (Phi) is 6.78. The third-order valence-corrected chi connectivity index (χ3v) is 10.5. The van der Waals surface area contributed by atoms with Gasteiger partial charge in [0.1, 0.15) is 6.17 Å². The minimum Gasteiger partial charge on any atom is -0.349 e. The molecule has 2 heterocycles. The van der Waals surface area contributed by atoms with E-state index in [0.29, 0.717) is 0 Å². The third-order valence-electron chi connectivity index (χ3n) is 10.5. The molecule has 3 heteroatoms. The average Bonchev–Trinajstić information content (AvgIpc) is 3.20. The fraction of sp³-hybridized carbons (Fsp3) is 0.0417. The number of pyridine rings is 1. The molecular formula is C48H33N3. The molecule has 1 aromatic heterocycles. The van der Waals surface area contributed by atoms with Crippen molar-refractivity contribution in [2.24, 2.45) is 4.99 Å². The Labute approximate surface area is 296 Å². The first-order valence-corrected chi connectivity index (χ1v) is 17.5. The van der Waals surface area contributed by atoms with Gasteiger partial charge in [-0.05, 0) is 78.3 Å². The second kappa shape index (κ2) is 11.8. The minimum atomic E-state index is -0.245. The largest absolute Gasteiger partial charge is 0.349 e. The Balaban J connectivity index is 1.19. The Morgan fingerprint density at radius 3 is 1.63 bits per heavy atom. The van der Waals surface area contributed by atoms with Crippen LogP contribution in [0.5, 0.6) is 0 Å². The Hall–Kier alpha value is -6.58. The van der Waals surface area contributed by atoms with Crippen molar-refractivity contribution >= 4 is 65.3 Å². The van der Waals surface area contributed by atoms with Crippen LogP contribution in [0.2, 0.25) is 0 Å². The smallest absolute Gasteiger partial charge is 0.147 e. The van der Waals surface area contributed by atoms with Gasteiger partial charge in [-0.15, -0.1) is 0 Å². The molecule has 240 valence electrons. The van der Waals surface area contributed by atoms with Gasteiger partial charge in [0.25, 0.3) is 0 Å². The summed E-state index contributed by atoms with van der Waals surface area (Å²) in [5.41, 5.74) is 7.67. The molecule has 10 rings (SSSR count). The number of aromatic nitrogens is 1. The van der Waals surface area contributed by atoms with Gasteiger partial charge in [-0.2, -0.15) is 0 Å². The zero-order valence-corrected chi connectivity index (χ0v) is 28.2. The van der Waals surface area contributed by atoms with E-state index in [9.17, 15) is 0 Å². The third kappa shape index (κ3) is 4.81. The van der Waals surface area contributed by atoms with E-state index in [1.807, 2.05) is 6.20 Å². The molecule has 3 nitrogen and oxygen atoms in total. The van der Waals surface area contributed by atoms with Crippen molar-refractivity contribution in [1.29, 1.82) is 0 Å². The second-order valence-electron chi connectivity index (χ2n) is 13.4. The lowest BCUT2D eigenvalue weighted by molar-refractivity contribution is 0.364. The maximum atomic E-state index is 5.58. The SMILES string of the molecule is CN1C(c2cc3ccccc3c3ccccc23)=CC(c2cc3ccccc3c3ccccc23)=NC1c1ccc(-c2nccc3ccccc23)cc1. The predicted molar refractivity (Wildman–Crippen MR) is 215 cm³/mol. The molecule has 8 aromatic carbocycles. The summed E-state index contributed by atoms with van der Waals surface area (Å²) in [7, 11) is 2.18. The summed E-state index contributed by atoms with van der Waals surface area (Å²) in [6.07, 6.45) is 3.96. The lowest BCUT2D eigenvalue weighted by atomic mass is 9.91. The van der Waals surface area contributed by atoms with E-state index >= 15 is 0 Å². The lowest BCUT2D eigenvalue weighted by Crippen LogP contribution is -2.27. The summed E-state index contributed by atoms with van der Waals surface area (Å²) in [5.74, 6) is 0. The van der Waals surface area contributed by atoms with Gasteiger partial charge in [-0.1, -0.05) is 146 Å². The van der Waals surface area contributed by atoms with Crippen LogP contribution in [0.1, 0.15) is 22.9 Å². The van der Waals surface area contributed by atoms with E-state index < -0.39 is 0 Å². The molecule has 0 bridgehead atoms. The van der Waals surface area contributed by atoms with Crippen LogP contribution in [0.4, 0.5) is 0 Å². The number of rotatable bonds is 4. The van der Waals surface area contributed by atoms with Crippen molar-refractivity contribution in [2.75, 3.05) is 7.05 Å². The van der Waals surface area contributed by atoms with E-state index in [4.69, 9.17) is 9.98 Å². The molecule has 9 aromatic rings. The highest BCUT2D eigenvalue weighted by molar-refractivity contribution is 6.24. The van der Waals surface area contributed by atoms with Gasteiger partial charge in [-0.3, -0.25) is 9.98 Å². The van der Waals surface area contributed by atoms with Crippen LogP contribution < -0.4 is 0 Å². The first-order valence-electron chi connectivity index (χ1n) is 17.5. The monoisotopic (exact) mass is 651 g/mol. The van der Waals surface area contributed by atoms with Crippen LogP contribution in [0.3, 0.4) is 0 Å². The number of aliphatic imine (C=N–C) groups is 1. The summed E-state index contributed by atoms with van der Waals surface area (Å²) in [5, 5.41) is 12.2. The maximum Gasteiger partial charge on any atom is 0.147 e. The zero-order chi connectivity index (χ0) is 33.9. The second-order valence-corrected chi connectivity index (χ2v) is 13.4. The van der Waals surface area contributed by atoms with Crippen LogP contribution in [0.25, 0.3) is 70.8 Å². The number of allylic oxidation sites excluding steroid dienone is 1. The van der Waals surface area contributed by atoms with Gasteiger partial charge in [0, 0.05) is 41.0 Å². The number of hydrogen-bond acceptors (Lipinski definition) is 3. The van der Waals surface area contributed by atoms with Gasteiger partial charge in [0.2, 0.25) is 0 Å². The quantitative estimate of drug-likeness (QED) is 0.177. The number of fused-ring (bicyclic) bond motifs is 7. The van der Waals surface area contributed by atoms with Crippen LogP contribution in [0, 0.1) is 0 Å². The van der Waals surface area contributed by atoms with Crippen molar-refractivity contribution in [3.63, 3.8) is 0 Å². The average molecular weight is 652 g/mol. The summed E-state index contributed by atoms with van der Waals surface area (Å²) in [4.78, 5) is 12.7. The highest BCUT2D eigenvalue weighted by Crippen LogP contribution is 2.41. The standard InChI is InChI=1S/C48H33N3/c1-51-46(44-29-35-14-4-6-16-37(35)40-19-9-11-21-42(40)44)30-45(43-28-34-13-3-5-15-36(34)39-18-8-10-20-41(39)43)50-48(51)33-24-22-32(23-25-33)47-38-17-7-2-12-31(38)26-27-49-47/h2-30,48H,1H3. The number of nitrogens with zero attached hydrogens (tertiary/aromatic N) is 3. The maximum absolute atomic E-state index is 5.58. The fourth-order valence-electron chi connectivity index (χ4n) is 8.03. The topological polar surface area (TPSA) is 28.5 Å². The van der Waals surface area contributed by atoms with Crippen LogP contribution in [0.15, 0.2) is 181 Å². The van der Waals surface area contributed by atoms with E-state index in [-0.39, 0.29) is 6.17 Å². The first-order chi connectivity index (χ1) is 25.2. The van der Waals surface area contributed by atoms with Crippen molar-refractivity contribution in [1.82, 2.24) is 9.88 Å². The normalized spacial score (nSPS) is 14.8. The molecule has 1 aliphatic rings. The minimum absolute atomic E-state index is 0.245. The molecule has 0 spiro atoms. The van der Waals surface area contributed by atoms with Crippen molar-refractivity contribution in [3.05, 3.63) is 193 Å². The van der Waals surface area contributed by atoms with Gasteiger partial charge in [0.05, 0.1) is 11.4 Å². The molecule has 1 atom stereocenters. The molecule has 51 heavy (non-hydrogen) atoms. The first kappa shape index (κ1) is 29.3. The number of benzene rings is 8. The molecule has 0 radical (unpaired) electrons. The molecule has 0 saturated heterocycles. The Morgan fingerprint density at radius 2 is 0.980 bits per heavy atom. The van der Waals surface area contributed by atoms with Crippen LogP contribution in [-0.4, -0.2) is 22.6 Å². The molecule has 1 aliphatic heterocycles. The van der Waals surface area contributed by atoms with Crippen molar-refractivity contribution in [2.45, 2.75) is 6.17 Å². The van der Waals surface area contributed by atoms with Gasteiger partial charge >= 0.3 is 0 Å². The predicted octanol–water partition coefficient (Wildman–Crippen LogP) is 12.0. The van der Waals surface area contributed by atoms with Crippen molar-refractivity contribution < 1.29 is 0 Å². The fourth-order valence-corrected chi connectivity index (χ4v) is 8.03. The summed E-state index contributed by atoms with van der Waals surface area (Å²) in [6, 6.07) is 58.9. The van der Waals surface area contributed by atoms with Gasteiger partial charge in [-0.25, -0.2) is 0 Å². The van der Waals surface area contributed by atoms with Gasteiger partial charge in [0.15, 0.2) is 0 Å². The summed E-state index contributed by atoms with van der Waals surface area (Å²) >= 11 is 0. The molecular weight excluding hydrogens is 619 g/mol. The van der Waals surface area contributed by atoms with Crippen molar-refractivity contribution in [3.8, 4) is 11.3 Å². The molecule has 0 fully saturated rings. The molecule has 0 N–H and O–H groups in total. The molecule has 0 saturated carbocycles. The Bertz CT molecular complexity index is 2880. The molecule has 0 amide bonds. The van der Waals surface area contributed by atoms with E-state index in [1.54, 1.807) is 0 Å². The summed E-state index contributed by atoms with van der Waals surface area (Å²) < 4.78 is 0. The summed E-state index contributed by atoms with van der Waals surface area (Å²) in [6.45, 7) is 0. The van der Waals surface area contributed by atoms with E-state index in [2.05, 4.69) is 182 Å². The van der Waals surface area contributed by atoms with Crippen LogP contribution in [-0.2, 0) is 0 Å². The van der Waals surface area contributed by atoms with Crippen LogP contribution >= 0.6 is 0 Å². The van der Waals surface area contributed by atoms with E-state index in [1.165, 1.54) is 54.0 Å². The van der Waals surface area contributed by atoms with Gasteiger partial charge < -0.3 is 4.90 Å². The number of hydrogen-bond donors (Lipinski definition) is 0. The lowest BCUT2D eigenvalue weighted by Gasteiger charge is -2.35.